The Labute approximate surface area is 119 Å². The number of benzene rings is 2. The Hall–Kier alpha value is -1.60. The second-order valence-electron chi connectivity index (χ2n) is 5.22. The molecule has 0 radical (unpaired) electrons. The van der Waals surface area contributed by atoms with Crippen LogP contribution in [-0.4, -0.2) is 12.8 Å². The lowest BCUT2D eigenvalue weighted by Gasteiger charge is -2.20. The number of halogens is 1. The van der Waals surface area contributed by atoms with Gasteiger partial charge in [-0.1, -0.05) is 36.4 Å². The number of hydrogen-bond donors (Lipinski definition) is 1. The normalized spacial score (nSPS) is 18.8. The van der Waals surface area contributed by atoms with Crippen molar-refractivity contribution in [3.05, 3.63) is 70.3 Å². The molecule has 0 saturated carbocycles. The van der Waals surface area contributed by atoms with Crippen LogP contribution in [0.5, 0.6) is 0 Å². The van der Waals surface area contributed by atoms with Crippen LogP contribution >= 0.6 is 0 Å². The highest BCUT2D eigenvalue weighted by atomic mass is 35.5. The van der Waals surface area contributed by atoms with Gasteiger partial charge < -0.3 is 12.4 Å². The van der Waals surface area contributed by atoms with Crippen LogP contribution in [-0.2, 0) is 12.8 Å². The summed E-state index contributed by atoms with van der Waals surface area (Å²) in [6.45, 7) is 1.03. The first-order chi connectivity index (χ1) is 8.93. The van der Waals surface area contributed by atoms with Crippen LogP contribution in [0.25, 0.3) is 0 Å². The van der Waals surface area contributed by atoms with Crippen LogP contribution in [0.3, 0.4) is 0 Å². The first-order valence-electron chi connectivity index (χ1n) is 6.69. The van der Waals surface area contributed by atoms with E-state index in [1.54, 1.807) is 5.56 Å². The summed E-state index contributed by atoms with van der Waals surface area (Å²) in [5.41, 5.74) is 7.51. The Morgan fingerprint density at radius 3 is 2.63 bits per heavy atom. The van der Waals surface area contributed by atoms with Gasteiger partial charge in [-0.3, -0.25) is 0 Å². The van der Waals surface area contributed by atoms with Gasteiger partial charge in [0.15, 0.2) is 12.8 Å². The van der Waals surface area contributed by atoms with Gasteiger partial charge in [-0.25, -0.2) is 4.99 Å². The molecule has 0 bridgehead atoms. The van der Waals surface area contributed by atoms with Gasteiger partial charge in [-0.15, -0.1) is 0 Å². The fourth-order valence-electron chi connectivity index (χ4n) is 3.43. The molecule has 1 aliphatic carbocycles. The standard InChI is InChI=1S/C17H15N.ClH/c1-2-7-15-12(4-1)8-9-13-5-3-6-14-10-18-11-16(15)17(13)14;/h1-7,10,16H,8-9,11H2;1H. The van der Waals surface area contributed by atoms with Gasteiger partial charge in [0.2, 0.25) is 0 Å². The largest absolute Gasteiger partial charge is 1.00 e. The van der Waals surface area contributed by atoms with Gasteiger partial charge in [-0.2, -0.15) is 0 Å². The van der Waals surface area contributed by atoms with Crippen molar-refractivity contribution in [3.63, 3.8) is 0 Å². The van der Waals surface area contributed by atoms with Crippen LogP contribution in [0.2, 0.25) is 0 Å². The third-order valence-corrected chi connectivity index (χ3v) is 4.25. The summed E-state index contributed by atoms with van der Waals surface area (Å²) in [4.78, 5) is 3.45. The minimum atomic E-state index is 0. The van der Waals surface area contributed by atoms with Crippen molar-refractivity contribution >= 4 is 6.21 Å². The SMILES string of the molecule is C1=[NH+]CC2c3ccccc3CCc3cccc1c32.[Cl-]. The molecule has 1 unspecified atom stereocenters. The highest BCUT2D eigenvalue weighted by molar-refractivity contribution is 5.80. The molecular weight excluding hydrogens is 254 g/mol. The van der Waals surface area contributed by atoms with Crippen LogP contribution in [0.15, 0.2) is 42.5 Å². The average molecular weight is 270 g/mol. The molecule has 0 saturated heterocycles. The molecule has 0 fully saturated rings. The van der Waals surface area contributed by atoms with Crippen LogP contribution < -0.4 is 17.4 Å². The van der Waals surface area contributed by atoms with Crippen LogP contribution in [0, 0.1) is 0 Å². The third kappa shape index (κ3) is 1.89. The Balaban J connectivity index is 0.00000110. The van der Waals surface area contributed by atoms with E-state index in [1.165, 1.54) is 35.1 Å². The fourth-order valence-corrected chi connectivity index (χ4v) is 3.43. The molecule has 1 N–H and O–H groups in total. The van der Waals surface area contributed by atoms with Crippen molar-refractivity contribution in [2.45, 2.75) is 18.8 Å². The second kappa shape index (κ2) is 4.82. The van der Waals surface area contributed by atoms with Crippen molar-refractivity contribution in [1.29, 1.82) is 0 Å². The lowest BCUT2D eigenvalue weighted by atomic mass is 9.84. The molecule has 2 heteroatoms. The minimum absolute atomic E-state index is 0. The second-order valence-corrected chi connectivity index (χ2v) is 5.22. The summed E-state index contributed by atoms with van der Waals surface area (Å²) in [7, 11) is 0. The predicted octanol–water partition coefficient (Wildman–Crippen LogP) is -1.57. The number of hydrogen-bond acceptors (Lipinski definition) is 0. The monoisotopic (exact) mass is 269 g/mol. The molecule has 2 aliphatic rings. The minimum Gasteiger partial charge on any atom is -1.00 e. The molecule has 1 nitrogen and oxygen atoms in total. The third-order valence-electron chi connectivity index (χ3n) is 4.25. The maximum atomic E-state index is 3.45. The summed E-state index contributed by atoms with van der Waals surface area (Å²) < 4.78 is 0. The van der Waals surface area contributed by atoms with Gasteiger partial charge >= 0.3 is 0 Å². The summed E-state index contributed by atoms with van der Waals surface area (Å²) in [6, 6.07) is 15.6. The van der Waals surface area contributed by atoms with E-state index in [0.717, 1.165) is 6.54 Å². The zero-order valence-electron chi connectivity index (χ0n) is 10.7. The van der Waals surface area contributed by atoms with Crippen molar-refractivity contribution in [3.8, 4) is 0 Å². The number of fused-ring (bicyclic) bond motifs is 2. The van der Waals surface area contributed by atoms with Gasteiger partial charge in [0.05, 0.1) is 5.92 Å². The van der Waals surface area contributed by atoms with E-state index in [0.29, 0.717) is 5.92 Å². The molecule has 2 aromatic rings. The maximum absolute atomic E-state index is 3.45. The molecule has 1 aliphatic heterocycles. The summed E-state index contributed by atoms with van der Waals surface area (Å²) in [5.74, 6) is 0.528. The fraction of sp³-hybridized carbons (Fsp3) is 0.235. The zero-order chi connectivity index (χ0) is 11.9. The zero-order valence-corrected chi connectivity index (χ0v) is 11.5. The van der Waals surface area contributed by atoms with Crippen molar-refractivity contribution < 1.29 is 17.4 Å². The first-order valence-corrected chi connectivity index (χ1v) is 6.69. The molecule has 96 valence electrons. The number of rotatable bonds is 0. The number of aryl methyl sites for hydroxylation is 2. The topological polar surface area (TPSA) is 14.0 Å². The van der Waals surface area contributed by atoms with E-state index in [1.807, 2.05) is 0 Å². The molecule has 1 atom stereocenters. The summed E-state index contributed by atoms with van der Waals surface area (Å²) in [6.07, 6.45) is 4.51. The van der Waals surface area contributed by atoms with Crippen LogP contribution in [0.1, 0.15) is 33.7 Å². The summed E-state index contributed by atoms with van der Waals surface area (Å²) in [5, 5.41) is 0. The highest BCUT2D eigenvalue weighted by Crippen LogP contribution is 2.35. The molecule has 0 spiro atoms. The van der Waals surface area contributed by atoms with Crippen molar-refractivity contribution in [2.24, 2.45) is 0 Å². The molecule has 19 heavy (non-hydrogen) atoms. The summed E-state index contributed by atoms with van der Waals surface area (Å²) >= 11 is 0. The van der Waals surface area contributed by atoms with Crippen LogP contribution in [0.4, 0.5) is 0 Å². The Morgan fingerprint density at radius 1 is 0.895 bits per heavy atom. The lowest BCUT2D eigenvalue weighted by Crippen LogP contribution is -3.00. The smallest absolute Gasteiger partial charge is 0.169 e. The molecule has 1 heterocycles. The van der Waals surface area contributed by atoms with Gasteiger partial charge in [0.25, 0.3) is 0 Å². The van der Waals surface area contributed by atoms with Crippen molar-refractivity contribution in [2.75, 3.05) is 6.54 Å². The van der Waals surface area contributed by atoms with E-state index in [2.05, 4.69) is 53.7 Å². The highest BCUT2D eigenvalue weighted by Gasteiger charge is 2.29. The molecule has 2 aromatic carbocycles. The predicted molar refractivity (Wildman–Crippen MR) is 73.1 cm³/mol. The number of nitrogens with one attached hydrogen (secondary N) is 1. The molecular formula is C17H16ClN. The molecule has 4 rings (SSSR count). The molecule has 0 aromatic heterocycles. The Bertz CT molecular complexity index is 645. The lowest BCUT2D eigenvalue weighted by molar-refractivity contribution is -0.455. The Morgan fingerprint density at radius 2 is 1.68 bits per heavy atom. The first kappa shape index (κ1) is 12.4. The van der Waals surface area contributed by atoms with Crippen molar-refractivity contribution in [1.82, 2.24) is 0 Å². The Kier molecular flexibility index (Phi) is 3.16. The van der Waals surface area contributed by atoms with Gasteiger partial charge in [0.1, 0.15) is 0 Å². The van der Waals surface area contributed by atoms with E-state index >= 15 is 0 Å². The maximum Gasteiger partial charge on any atom is 0.169 e. The average Bonchev–Trinajstić information content (AvgIpc) is 2.60. The van der Waals surface area contributed by atoms with Gasteiger partial charge in [0, 0.05) is 5.56 Å². The quantitative estimate of drug-likeness (QED) is 0.595. The van der Waals surface area contributed by atoms with E-state index in [-0.39, 0.29) is 12.4 Å². The van der Waals surface area contributed by atoms with E-state index < -0.39 is 0 Å². The molecule has 0 amide bonds. The van der Waals surface area contributed by atoms with E-state index in [4.69, 9.17) is 0 Å². The van der Waals surface area contributed by atoms with E-state index in [9.17, 15) is 0 Å². The van der Waals surface area contributed by atoms with Gasteiger partial charge in [-0.05, 0) is 41.2 Å².